The van der Waals surface area contributed by atoms with Crippen molar-refractivity contribution < 1.29 is 4.74 Å². The van der Waals surface area contributed by atoms with E-state index in [1.54, 1.807) is 0 Å². The number of rotatable bonds is 5. The smallest absolute Gasteiger partial charge is 0.193 e. The molecule has 2 heterocycles. The van der Waals surface area contributed by atoms with Crippen LogP contribution < -0.4 is 5.32 Å². The Morgan fingerprint density at radius 3 is 2.64 bits per heavy atom. The lowest BCUT2D eigenvalue weighted by Gasteiger charge is -2.26. The maximum Gasteiger partial charge on any atom is 0.193 e. The zero-order valence-electron chi connectivity index (χ0n) is 14.6. The highest BCUT2D eigenvalue weighted by Crippen LogP contribution is 2.32. The molecule has 2 rings (SSSR count). The van der Waals surface area contributed by atoms with E-state index < -0.39 is 0 Å². The highest BCUT2D eigenvalue weighted by atomic mass is 127. The van der Waals surface area contributed by atoms with Crippen molar-refractivity contribution in [1.82, 2.24) is 10.2 Å². The molecule has 0 spiro atoms. The Balaban J connectivity index is 0.00000242. The Morgan fingerprint density at radius 1 is 1.32 bits per heavy atom. The minimum Gasteiger partial charge on any atom is -0.381 e. The van der Waals surface area contributed by atoms with Crippen LogP contribution in [0.5, 0.6) is 0 Å². The maximum absolute atomic E-state index is 5.43. The van der Waals surface area contributed by atoms with Crippen LogP contribution >= 0.6 is 24.0 Å². The largest absolute Gasteiger partial charge is 0.381 e. The molecule has 22 heavy (non-hydrogen) atoms. The molecule has 2 aliphatic heterocycles. The Kier molecular flexibility index (Phi) is 9.05. The van der Waals surface area contributed by atoms with Gasteiger partial charge in [-0.15, -0.1) is 24.0 Å². The van der Waals surface area contributed by atoms with Crippen molar-refractivity contribution in [2.45, 2.75) is 52.9 Å². The normalized spacial score (nSPS) is 26.9. The Morgan fingerprint density at radius 2 is 2.05 bits per heavy atom. The summed E-state index contributed by atoms with van der Waals surface area (Å²) in [4.78, 5) is 7.34. The molecule has 0 aromatic carbocycles. The second kappa shape index (κ2) is 9.96. The minimum atomic E-state index is 0. The first-order valence-electron chi connectivity index (χ1n) is 8.78. The minimum absolute atomic E-state index is 0. The first-order chi connectivity index (χ1) is 10.2. The average Bonchev–Trinajstić information content (AvgIpc) is 2.91. The molecular formula is C17H34IN3O. The number of nitrogens with zero attached hydrogens (tertiary/aromatic N) is 2. The molecule has 1 unspecified atom stereocenters. The number of hydrogen-bond acceptors (Lipinski definition) is 2. The van der Waals surface area contributed by atoms with E-state index in [4.69, 9.17) is 9.73 Å². The summed E-state index contributed by atoms with van der Waals surface area (Å²) in [5, 5.41) is 3.48. The monoisotopic (exact) mass is 423 g/mol. The molecule has 4 nitrogen and oxygen atoms in total. The van der Waals surface area contributed by atoms with Crippen molar-refractivity contribution in [3.8, 4) is 0 Å². The summed E-state index contributed by atoms with van der Waals surface area (Å²) in [6.07, 6.45) is 6.17. The van der Waals surface area contributed by atoms with Crippen molar-refractivity contribution in [2.24, 2.45) is 16.3 Å². The van der Waals surface area contributed by atoms with Gasteiger partial charge in [-0.25, -0.2) is 0 Å². The van der Waals surface area contributed by atoms with Gasteiger partial charge in [0.2, 0.25) is 0 Å². The lowest BCUT2D eigenvalue weighted by Crippen LogP contribution is -2.41. The number of nitrogens with one attached hydrogen (secondary N) is 1. The summed E-state index contributed by atoms with van der Waals surface area (Å²) in [6, 6.07) is 0. The average molecular weight is 423 g/mol. The van der Waals surface area contributed by atoms with Gasteiger partial charge in [0.05, 0.1) is 0 Å². The summed E-state index contributed by atoms with van der Waals surface area (Å²) in [6.45, 7) is 12.9. The third kappa shape index (κ3) is 5.87. The van der Waals surface area contributed by atoms with E-state index >= 15 is 0 Å². The maximum atomic E-state index is 5.43. The Labute approximate surface area is 153 Å². The number of halogens is 1. The molecule has 2 fully saturated rings. The second-order valence-corrected chi connectivity index (χ2v) is 6.92. The summed E-state index contributed by atoms with van der Waals surface area (Å²) >= 11 is 0. The SMILES string of the molecule is CCNC(=NCCC1CCOCC1)N1CCC(C)(CC)C1.I. The molecule has 0 bridgehead atoms. The van der Waals surface area contributed by atoms with E-state index in [2.05, 4.69) is 31.0 Å². The molecule has 1 N–H and O–H groups in total. The third-order valence-corrected chi connectivity index (χ3v) is 5.19. The van der Waals surface area contributed by atoms with Gasteiger partial charge < -0.3 is 15.0 Å². The van der Waals surface area contributed by atoms with Crippen LogP contribution in [0.15, 0.2) is 4.99 Å². The first kappa shape index (κ1) is 20.0. The lowest BCUT2D eigenvalue weighted by atomic mass is 9.87. The molecule has 0 amide bonds. The molecular weight excluding hydrogens is 389 g/mol. The van der Waals surface area contributed by atoms with Crippen LogP contribution in [0, 0.1) is 11.3 Å². The first-order valence-corrected chi connectivity index (χ1v) is 8.78. The molecule has 5 heteroatoms. The highest BCUT2D eigenvalue weighted by molar-refractivity contribution is 14.0. The number of guanidine groups is 1. The van der Waals surface area contributed by atoms with E-state index in [0.717, 1.165) is 51.3 Å². The molecule has 0 aromatic rings. The third-order valence-electron chi connectivity index (χ3n) is 5.19. The van der Waals surface area contributed by atoms with Gasteiger partial charge in [-0.1, -0.05) is 13.8 Å². The molecule has 2 saturated heterocycles. The van der Waals surface area contributed by atoms with Gasteiger partial charge in [0.1, 0.15) is 0 Å². The molecule has 1 atom stereocenters. The number of aliphatic imine (C=N–C) groups is 1. The van der Waals surface area contributed by atoms with Gasteiger partial charge in [-0.05, 0) is 50.4 Å². The van der Waals surface area contributed by atoms with Gasteiger partial charge in [0.25, 0.3) is 0 Å². The zero-order chi connectivity index (χ0) is 15.1. The topological polar surface area (TPSA) is 36.9 Å². The molecule has 0 radical (unpaired) electrons. The van der Waals surface area contributed by atoms with Crippen molar-refractivity contribution in [3.05, 3.63) is 0 Å². The summed E-state index contributed by atoms with van der Waals surface area (Å²) in [7, 11) is 0. The van der Waals surface area contributed by atoms with Gasteiger partial charge in [0, 0.05) is 39.4 Å². The van der Waals surface area contributed by atoms with Crippen LogP contribution in [0.25, 0.3) is 0 Å². The summed E-state index contributed by atoms with van der Waals surface area (Å²) in [5.74, 6) is 1.94. The molecule has 0 aromatic heterocycles. The summed E-state index contributed by atoms with van der Waals surface area (Å²) < 4.78 is 5.43. The quantitative estimate of drug-likeness (QED) is 0.418. The van der Waals surface area contributed by atoms with Crippen LogP contribution in [0.3, 0.4) is 0 Å². The van der Waals surface area contributed by atoms with Crippen molar-refractivity contribution in [1.29, 1.82) is 0 Å². The Hall–Kier alpha value is -0.0400. The number of hydrogen-bond donors (Lipinski definition) is 1. The van der Waals surface area contributed by atoms with Crippen LogP contribution in [0.1, 0.15) is 52.9 Å². The van der Waals surface area contributed by atoms with E-state index in [1.165, 1.54) is 32.1 Å². The van der Waals surface area contributed by atoms with E-state index in [9.17, 15) is 0 Å². The van der Waals surface area contributed by atoms with Gasteiger partial charge in [-0.3, -0.25) is 4.99 Å². The number of ether oxygens (including phenoxy) is 1. The molecule has 0 saturated carbocycles. The fraction of sp³-hybridized carbons (Fsp3) is 0.941. The van der Waals surface area contributed by atoms with Crippen molar-refractivity contribution in [3.63, 3.8) is 0 Å². The fourth-order valence-electron chi connectivity index (χ4n) is 3.31. The second-order valence-electron chi connectivity index (χ2n) is 6.92. The standard InChI is InChI=1S/C17H33N3O.HI/c1-4-17(3)9-11-20(14-17)16(18-5-2)19-10-6-15-7-12-21-13-8-15;/h15H,4-14H2,1-3H3,(H,18,19);1H. The van der Waals surface area contributed by atoms with E-state index in [0.29, 0.717) is 5.41 Å². The highest BCUT2D eigenvalue weighted by Gasteiger charge is 2.33. The number of likely N-dealkylation sites (tertiary alicyclic amines) is 1. The summed E-state index contributed by atoms with van der Waals surface area (Å²) in [5.41, 5.74) is 0.469. The van der Waals surface area contributed by atoms with Crippen LogP contribution in [0.2, 0.25) is 0 Å². The lowest BCUT2D eigenvalue weighted by molar-refractivity contribution is 0.0646. The predicted molar refractivity (Wildman–Crippen MR) is 104 cm³/mol. The van der Waals surface area contributed by atoms with Gasteiger partial charge in [-0.2, -0.15) is 0 Å². The predicted octanol–water partition coefficient (Wildman–Crippen LogP) is 3.51. The van der Waals surface area contributed by atoms with Gasteiger partial charge in [0.15, 0.2) is 5.96 Å². The molecule has 2 aliphatic rings. The van der Waals surface area contributed by atoms with Crippen LogP contribution in [-0.2, 0) is 4.74 Å². The molecule has 130 valence electrons. The zero-order valence-corrected chi connectivity index (χ0v) is 16.9. The van der Waals surface area contributed by atoms with Crippen LogP contribution in [0.4, 0.5) is 0 Å². The fourth-order valence-corrected chi connectivity index (χ4v) is 3.31. The Bertz CT molecular complexity index is 345. The van der Waals surface area contributed by atoms with E-state index in [-0.39, 0.29) is 24.0 Å². The van der Waals surface area contributed by atoms with Crippen molar-refractivity contribution >= 4 is 29.9 Å². The molecule has 0 aliphatic carbocycles. The van der Waals surface area contributed by atoms with Gasteiger partial charge >= 0.3 is 0 Å². The van der Waals surface area contributed by atoms with Crippen LogP contribution in [-0.4, -0.2) is 50.3 Å². The van der Waals surface area contributed by atoms with Crippen molar-refractivity contribution in [2.75, 3.05) is 39.4 Å². The van der Waals surface area contributed by atoms with E-state index in [1.807, 2.05) is 0 Å².